The van der Waals surface area contributed by atoms with E-state index in [9.17, 15) is 9.18 Å². The van der Waals surface area contributed by atoms with E-state index in [1.165, 1.54) is 23.5 Å². The van der Waals surface area contributed by atoms with E-state index in [-0.39, 0.29) is 5.56 Å². The molecule has 1 aromatic carbocycles. The number of rotatable bonds is 4. The highest BCUT2D eigenvalue weighted by molar-refractivity contribution is 5.60. The highest BCUT2D eigenvalue weighted by atomic mass is 19.1. The summed E-state index contributed by atoms with van der Waals surface area (Å²) in [6.07, 6.45) is 4.77. The molecule has 3 aromatic rings. The summed E-state index contributed by atoms with van der Waals surface area (Å²) < 4.78 is 15.9. The molecule has 8 heteroatoms. The van der Waals surface area contributed by atoms with E-state index in [2.05, 4.69) is 51.0 Å². The number of nitrogens with zero attached hydrogens (tertiary/aromatic N) is 6. The molecule has 0 spiro atoms. The number of likely N-dealkylation sites (N-methyl/N-ethyl adjacent to an activating group) is 1. The fourth-order valence-electron chi connectivity index (χ4n) is 4.98. The van der Waals surface area contributed by atoms with Crippen LogP contribution >= 0.6 is 0 Å². The molecular formula is C26H31FN6O. The summed E-state index contributed by atoms with van der Waals surface area (Å²) in [5.41, 5.74) is 3.03. The standard InChI is InChI=1S/C26H31FN6O/c1-30-12-14-32(15-13-30)21-7-5-19(6-8-21)20-4-3-11-33(18-20)26-29-24(16-25(34)31(26)2)22-9-10-28-17-23(22)27/h5-10,16-17,20H,3-4,11-15,18H2,1-2H3/t20-/m1/s1. The van der Waals surface area contributed by atoms with Gasteiger partial charge in [0.1, 0.15) is 0 Å². The molecule has 0 radical (unpaired) electrons. The Kier molecular flexibility index (Phi) is 6.32. The van der Waals surface area contributed by atoms with Crippen LogP contribution in [-0.2, 0) is 7.05 Å². The summed E-state index contributed by atoms with van der Waals surface area (Å²) in [5.74, 6) is 0.456. The summed E-state index contributed by atoms with van der Waals surface area (Å²) >= 11 is 0. The number of anilines is 2. The lowest BCUT2D eigenvalue weighted by molar-refractivity contribution is 0.313. The predicted molar refractivity (Wildman–Crippen MR) is 133 cm³/mol. The van der Waals surface area contributed by atoms with E-state index in [1.54, 1.807) is 17.7 Å². The first kappa shape index (κ1) is 22.5. The van der Waals surface area contributed by atoms with Crippen molar-refractivity contribution in [3.05, 3.63) is 70.5 Å². The molecule has 4 heterocycles. The van der Waals surface area contributed by atoms with Gasteiger partial charge in [-0.2, -0.15) is 0 Å². The van der Waals surface area contributed by atoms with Crippen LogP contribution in [0.3, 0.4) is 0 Å². The van der Waals surface area contributed by atoms with Crippen LogP contribution in [0.15, 0.2) is 53.6 Å². The third kappa shape index (κ3) is 4.55. The van der Waals surface area contributed by atoms with Gasteiger partial charge in [0.05, 0.1) is 11.9 Å². The largest absolute Gasteiger partial charge is 0.369 e. The summed E-state index contributed by atoms with van der Waals surface area (Å²) in [5, 5.41) is 0. The zero-order valence-corrected chi connectivity index (χ0v) is 19.8. The van der Waals surface area contributed by atoms with E-state index in [1.807, 2.05) is 0 Å². The van der Waals surface area contributed by atoms with E-state index in [4.69, 9.17) is 4.98 Å². The monoisotopic (exact) mass is 462 g/mol. The number of hydrogen-bond donors (Lipinski definition) is 0. The molecule has 0 bridgehead atoms. The highest BCUT2D eigenvalue weighted by Crippen LogP contribution is 2.31. The zero-order chi connectivity index (χ0) is 23.7. The molecule has 0 saturated carbocycles. The van der Waals surface area contributed by atoms with Gasteiger partial charge in [-0.25, -0.2) is 9.37 Å². The van der Waals surface area contributed by atoms with Crippen molar-refractivity contribution < 1.29 is 4.39 Å². The fourth-order valence-corrected chi connectivity index (χ4v) is 4.98. The molecule has 7 nitrogen and oxygen atoms in total. The van der Waals surface area contributed by atoms with Crippen LogP contribution < -0.4 is 15.4 Å². The molecule has 0 N–H and O–H groups in total. The molecular weight excluding hydrogens is 431 g/mol. The number of halogens is 1. The van der Waals surface area contributed by atoms with Gasteiger partial charge in [-0.05, 0) is 43.7 Å². The number of hydrogen-bond acceptors (Lipinski definition) is 6. The van der Waals surface area contributed by atoms with Gasteiger partial charge >= 0.3 is 0 Å². The van der Waals surface area contributed by atoms with Gasteiger partial charge in [-0.1, -0.05) is 12.1 Å². The Hall–Kier alpha value is -3.26. The summed E-state index contributed by atoms with van der Waals surface area (Å²) in [6.45, 7) is 5.89. The number of piperidine rings is 1. The lowest BCUT2D eigenvalue weighted by Gasteiger charge is -2.35. The van der Waals surface area contributed by atoms with E-state index < -0.39 is 5.82 Å². The minimum Gasteiger partial charge on any atom is -0.369 e. The van der Waals surface area contributed by atoms with E-state index in [0.717, 1.165) is 58.3 Å². The second kappa shape index (κ2) is 9.54. The molecule has 2 aliphatic heterocycles. The van der Waals surface area contributed by atoms with Gasteiger partial charge in [0.2, 0.25) is 5.95 Å². The molecule has 0 aliphatic carbocycles. The number of aromatic nitrogens is 3. The second-order valence-electron chi connectivity index (χ2n) is 9.36. The number of pyridine rings is 1. The molecule has 34 heavy (non-hydrogen) atoms. The van der Waals surface area contributed by atoms with Gasteiger partial charge in [0.25, 0.3) is 5.56 Å². The van der Waals surface area contributed by atoms with Crippen LogP contribution in [0.5, 0.6) is 0 Å². The van der Waals surface area contributed by atoms with Crippen LogP contribution in [0, 0.1) is 5.82 Å². The summed E-state index contributed by atoms with van der Waals surface area (Å²) in [6, 6.07) is 11.9. The van der Waals surface area contributed by atoms with Crippen LogP contribution in [0.2, 0.25) is 0 Å². The Morgan fingerprint density at radius 3 is 2.47 bits per heavy atom. The van der Waals surface area contributed by atoms with E-state index >= 15 is 0 Å². The molecule has 2 aromatic heterocycles. The molecule has 2 aliphatic rings. The van der Waals surface area contributed by atoms with Crippen LogP contribution in [0.4, 0.5) is 16.0 Å². The Morgan fingerprint density at radius 2 is 1.74 bits per heavy atom. The van der Waals surface area contributed by atoms with Gasteiger partial charge in [-0.3, -0.25) is 14.3 Å². The van der Waals surface area contributed by atoms with Crippen molar-refractivity contribution >= 4 is 11.6 Å². The second-order valence-corrected chi connectivity index (χ2v) is 9.36. The topological polar surface area (TPSA) is 57.5 Å². The number of piperazine rings is 1. The first-order chi connectivity index (χ1) is 16.5. The SMILES string of the molecule is CN1CCN(c2ccc([C@@H]3CCCN(c4nc(-c5ccncc5F)cc(=O)n4C)C3)cc2)CC1. The average molecular weight is 463 g/mol. The molecule has 2 fully saturated rings. The summed E-state index contributed by atoms with van der Waals surface area (Å²) in [7, 11) is 3.90. The highest BCUT2D eigenvalue weighted by Gasteiger charge is 2.25. The smallest absolute Gasteiger partial charge is 0.255 e. The molecule has 0 unspecified atom stereocenters. The quantitative estimate of drug-likeness (QED) is 0.594. The minimum atomic E-state index is -0.480. The predicted octanol–water partition coefficient (Wildman–Crippen LogP) is 3.12. The van der Waals surface area contributed by atoms with Crippen molar-refractivity contribution in [2.45, 2.75) is 18.8 Å². The first-order valence-corrected chi connectivity index (χ1v) is 12.0. The lowest BCUT2D eigenvalue weighted by atomic mass is 9.90. The average Bonchev–Trinajstić information content (AvgIpc) is 2.87. The van der Waals surface area contributed by atoms with Crippen molar-refractivity contribution in [2.75, 3.05) is 56.1 Å². The summed E-state index contributed by atoms with van der Waals surface area (Å²) in [4.78, 5) is 28.2. The maximum atomic E-state index is 14.3. The maximum Gasteiger partial charge on any atom is 0.255 e. The third-order valence-corrected chi connectivity index (χ3v) is 7.10. The molecule has 1 atom stereocenters. The molecule has 178 valence electrons. The molecule has 0 amide bonds. The third-order valence-electron chi connectivity index (χ3n) is 7.10. The van der Waals surface area contributed by atoms with Crippen molar-refractivity contribution in [3.8, 4) is 11.3 Å². The maximum absolute atomic E-state index is 14.3. The Labute approximate surface area is 199 Å². The fraction of sp³-hybridized carbons (Fsp3) is 0.423. The molecule has 2 saturated heterocycles. The van der Waals surface area contributed by atoms with Crippen molar-refractivity contribution in [1.82, 2.24) is 19.4 Å². The van der Waals surface area contributed by atoms with Gasteiger partial charge in [0, 0.05) is 75.7 Å². The van der Waals surface area contributed by atoms with Crippen LogP contribution in [-0.4, -0.2) is 65.8 Å². The van der Waals surface area contributed by atoms with Gasteiger partial charge in [-0.15, -0.1) is 0 Å². The Balaban J connectivity index is 1.36. The minimum absolute atomic E-state index is 0.199. The van der Waals surface area contributed by atoms with E-state index in [0.29, 0.717) is 23.1 Å². The Bertz CT molecular complexity index is 1200. The van der Waals surface area contributed by atoms with Crippen LogP contribution in [0.25, 0.3) is 11.3 Å². The normalized spacial score (nSPS) is 19.4. The van der Waals surface area contributed by atoms with Crippen molar-refractivity contribution in [1.29, 1.82) is 0 Å². The van der Waals surface area contributed by atoms with Gasteiger partial charge < -0.3 is 14.7 Å². The number of benzene rings is 1. The van der Waals surface area contributed by atoms with Gasteiger partial charge in [0.15, 0.2) is 5.82 Å². The lowest BCUT2D eigenvalue weighted by Crippen LogP contribution is -2.44. The molecule has 5 rings (SSSR count). The first-order valence-electron chi connectivity index (χ1n) is 12.0. The van der Waals surface area contributed by atoms with Crippen LogP contribution in [0.1, 0.15) is 24.3 Å². The Morgan fingerprint density at radius 1 is 0.971 bits per heavy atom. The zero-order valence-electron chi connectivity index (χ0n) is 19.8. The van der Waals surface area contributed by atoms with Crippen molar-refractivity contribution in [3.63, 3.8) is 0 Å². The van der Waals surface area contributed by atoms with Crippen molar-refractivity contribution in [2.24, 2.45) is 7.05 Å².